The normalized spacial score (nSPS) is 13.4. The predicted octanol–water partition coefficient (Wildman–Crippen LogP) is 3.92. The third kappa shape index (κ3) is 4.24. The molecule has 10 heteroatoms. The molecule has 0 saturated heterocycles. The van der Waals surface area contributed by atoms with Crippen LogP contribution in [0.4, 0.5) is 5.69 Å². The van der Waals surface area contributed by atoms with Gasteiger partial charge >= 0.3 is 0 Å². The molecule has 6 rings (SSSR count). The Morgan fingerprint density at radius 1 is 1.16 bits per heavy atom. The Balaban J connectivity index is 1.40. The number of benzene rings is 2. The molecule has 1 saturated carbocycles. The van der Waals surface area contributed by atoms with E-state index in [9.17, 15) is 9.59 Å². The lowest BCUT2D eigenvalue weighted by Crippen LogP contribution is -2.25. The predicted molar refractivity (Wildman–Crippen MR) is 138 cm³/mol. The summed E-state index contributed by atoms with van der Waals surface area (Å²) in [6.45, 7) is 3.95. The van der Waals surface area contributed by atoms with E-state index in [2.05, 4.69) is 20.4 Å². The van der Waals surface area contributed by atoms with Gasteiger partial charge in [0.05, 0.1) is 24.6 Å². The molecule has 188 valence electrons. The van der Waals surface area contributed by atoms with E-state index < -0.39 is 0 Å². The molecule has 1 fully saturated rings. The van der Waals surface area contributed by atoms with Crippen molar-refractivity contribution in [3.05, 3.63) is 75.9 Å². The van der Waals surface area contributed by atoms with Crippen molar-refractivity contribution in [2.45, 2.75) is 45.7 Å². The summed E-state index contributed by atoms with van der Waals surface area (Å²) in [5.74, 6) is 1.67. The highest BCUT2D eigenvalue weighted by Crippen LogP contribution is 2.38. The summed E-state index contributed by atoms with van der Waals surface area (Å²) in [5, 5.41) is 7.78. The van der Waals surface area contributed by atoms with Crippen LogP contribution >= 0.6 is 0 Å². The molecule has 1 aliphatic rings. The molecule has 10 nitrogen and oxygen atoms in total. The molecule has 3 aromatic heterocycles. The van der Waals surface area contributed by atoms with Crippen LogP contribution in [0, 0.1) is 13.8 Å². The Hall–Kier alpha value is -4.47. The summed E-state index contributed by atoms with van der Waals surface area (Å²) >= 11 is 0. The highest BCUT2D eigenvalue weighted by Gasteiger charge is 2.29. The van der Waals surface area contributed by atoms with E-state index in [4.69, 9.17) is 9.26 Å². The van der Waals surface area contributed by atoms with Crippen LogP contribution < -0.4 is 15.6 Å². The van der Waals surface area contributed by atoms with Gasteiger partial charge in [0.1, 0.15) is 29.9 Å². The first-order valence-corrected chi connectivity index (χ1v) is 12.2. The van der Waals surface area contributed by atoms with E-state index in [-0.39, 0.29) is 24.6 Å². The fourth-order valence-electron chi connectivity index (χ4n) is 4.63. The topological polar surface area (TPSA) is 117 Å². The Labute approximate surface area is 211 Å². The van der Waals surface area contributed by atoms with Crippen molar-refractivity contribution < 1.29 is 14.1 Å². The van der Waals surface area contributed by atoms with Gasteiger partial charge in [-0.1, -0.05) is 22.9 Å². The standard InChI is InChI=1S/C27H26N6O4/c1-15-4-8-20-18(10-15)24-25(33(20)12-22(34)29-19-11-16(2)5-9-21(19)36-3)27(35)32(14-28-24)13-23-30-26(31-37-23)17-6-7-17/h4-5,8-11,14,17H,6-7,12-13H2,1-3H3,(H,29,34). The fraction of sp³-hybridized carbons (Fsp3) is 0.296. The van der Waals surface area contributed by atoms with Crippen molar-refractivity contribution in [2.75, 3.05) is 12.4 Å². The monoisotopic (exact) mass is 498 g/mol. The molecule has 1 aliphatic carbocycles. The first kappa shape index (κ1) is 23.0. The van der Waals surface area contributed by atoms with E-state index in [1.54, 1.807) is 11.7 Å². The Morgan fingerprint density at radius 3 is 2.73 bits per heavy atom. The third-order valence-electron chi connectivity index (χ3n) is 6.64. The average molecular weight is 499 g/mol. The minimum atomic E-state index is -0.288. The first-order chi connectivity index (χ1) is 17.9. The summed E-state index contributed by atoms with van der Waals surface area (Å²) in [6.07, 6.45) is 3.61. The molecule has 37 heavy (non-hydrogen) atoms. The average Bonchev–Trinajstić information content (AvgIpc) is 3.55. The number of hydrogen-bond acceptors (Lipinski definition) is 7. The van der Waals surface area contributed by atoms with Crippen molar-refractivity contribution in [1.82, 2.24) is 24.3 Å². The van der Waals surface area contributed by atoms with E-state index in [1.807, 2.05) is 50.2 Å². The van der Waals surface area contributed by atoms with Crippen molar-refractivity contribution in [1.29, 1.82) is 0 Å². The van der Waals surface area contributed by atoms with Crippen LogP contribution in [0.5, 0.6) is 5.75 Å². The summed E-state index contributed by atoms with van der Waals surface area (Å²) in [7, 11) is 1.56. The van der Waals surface area contributed by atoms with Gasteiger partial charge in [-0.25, -0.2) is 4.98 Å². The molecule has 1 N–H and O–H groups in total. The number of fused-ring (bicyclic) bond motifs is 3. The van der Waals surface area contributed by atoms with E-state index >= 15 is 0 Å². The van der Waals surface area contributed by atoms with Crippen LogP contribution in [-0.2, 0) is 17.9 Å². The summed E-state index contributed by atoms with van der Waals surface area (Å²) < 4.78 is 13.9. The number of aryl methyl sites for hydroxylation is 2. The quantitative estimate of drug-likeness (QED) is 0.361. The fourth-order valence-corrected chi connectivity index (χ4v) is 4.63. The highest BCUT2D eigenvalue weighted by molar-refractivity contribution is 6.07. The largest absolute Gasteiger partial charge is 0.495 e. The van der Waals surface area contributed by atoms with Crippen LogP contribution in [0.1, 0.15) is 41.6 Å². The van der Waals surface area contributed by atoms with Crippen molar-refractivity contribution in [2.24, 2.45) is 0 Å². The molecule has 0 radical (unpaired) electrons. The third-order valence-corrected chi connectivity index (χ3v) is 6.64. The van der Waals surface area contributed by atoms with Gasteiger partial charge in [-0.3, -0.25) is 14.2 Å². The van der Waals surface area contributed by atoms with Gasteiger partial charge in [0.2, 0.25) is 11.8 Å². The van der Waals surface area contributed by atoms with Gasteiger partial charge < -0.3 is 19.1 Å². The van der Waals surface area contributed by atoms with Crippen LogP contribution in [0.3, 0.4) is 0 Å². The number of amides is 1. The van der Waals surface area contributed by atoms with E-state index in [0.717, 1.165) is 34.9 Å². The smallest absolute Gasteiger partial charge is 0.278 e. The highest BCUT2D eigenvalue weighted by atomic mass is 16.5. The number of carbonyl (C=O) groups excluding carboxylic acids is 1. The zero-order valence-corrected chi connectivity index (χ0v) is 20.8. The zero-order chi connectivity index (χ0) is 25.7. The van der Waals surface area contributed by atoms with Crippen molar-refractivity contribution in [3.8, 4) is 5.75 Å². The molecule has 0 atom stereocenters. The van der Waals surface area contributed by atoms with Gasteiger partial charge in [-0.2, -0.15) is 4.98 Å². The van der Waals surface area contributed by atoms with Gasteiger partial charge in [-0.15, -0.1) is 0 Å². The number of anilines is 1. The van der Waals surface area contributed by atoms with E-state index in [0.29, 0.717) is 40.1 Å². The lowest BCUT2D eigenvalue weighted by atomic mass is 10.1. The van der Waals surface area contributed by atoms with Crippen molar-refractivity contribution >= 4 is 33.5 Å². The van der Waals surface area contributed by atoms with Crippen LogP contribution in [-0.4, -0.2) is 37.3 Å². The van der Waals surface area contributed by atoms with Crippen LogP contribution in [0.2, 0.25) is 0 Å². The van der Waals surface area contributed by atoms with Gasteiger partial charge in [0.15, 0.2) is 5.82 Å². The number of nitrogens with one attached hydrogen (secondary N) is 1. The minimum Gasteiger partial charge on any atom is -0.495 e. The number of nitrogens with zero attached hydrogens (tertiary/aromatic N) is 5. The lowest BCUT2D eigenvalue weighted by Gasteiger charge is -2.12. The molecule has 0 bridgehead atoms. The lowest BCUT2D eigenvalue weighted by molar-refractivity contribution is -0.116. The number of ether oxygens (including phenoxy) is 1. The van der Waals surface area contributed by atoms with Crippen LogP contribution in [0.25, 0.3) is 21.9 Å². The van der Waals surface area contributed by atoms with E-state index in [1.165, 1.54) is 10.9 Å². The van der Waals surface area contributed by atoms with Gasteiger partial charge in [0.25, 0.3) is 5.56 Å². The first-order valence-electron chi connectivity index (χ1n) is 12.2. The zero-order valence-electron chi connectivity index (χ0n) is 20.8. The summed E-state index contributed by atoms with van der Waals surface area (Å²) in [6, 6.07) is 11.4. The Bertz CT molecular complexity index is 1730. The molecule has 1 amide bonds. The van der Waals surface area contributed by atoms with Crippen LogP contribution in [0.15, 0.2) is 52.0 Å². The molecular formula is C27H26N6O4. The second kappa shape index (κ2) is 8.88. The molecule has 3 heterocycles. The molecular weight excluding hydrogens is 472 g/mol. The van der Waals surface area contributed by atoms with Gasteiger partial charge in [-0.05, 0) is 56.5 Å². The molecule has 0 spiro atoms. The Kier molecular flexibility index (Phi) is 5.51. The number of rotatable bonds is 7. The molecule has 0 aliphatic heterocycles. The Morgan fingerprint density at radius 2 is 1.95 bits per heavy atom. The maximum absolute atomic E-state index is 13.7. The molecule has 0 unspecified atom stereocenters. The number of methoxy groups -OCH3 is 1. The number of aromatic nitrogens is 5. The van der Waals surface area contributed by atoms with Crippen molar-refractivity contribution in [3.63, 3.8) is 0 Å². The SMILES string of the molecule is COc1ccc(C)cc1NC(=O)Cn1c2ccc(C)cc2c2ncn(Cc3nc(C4CC4)no3)c(=O)c21. The number of hydrogen-bond donors (Lipinski definition) is 1. The summed E-state index contributed by atoms with van der Waals surface area (Å²) in [4.78, 5) is 36.0. The molecule has 5 aromatic rings. The maximum atomic E-state index is 13.7. The maximum Gasteiger partial charge on any atom is 0.278 e. The molecule has 2 aromatic carbocycles. The second-order valence-electron chi connectivity index (χ2n) is 9.55. The summed E-state index contributed by atoms with van der Waals surface area (Å²) in [5.41, 5.74) is 3.95. The van der Waals surface area contributed by atoms with Gasteiger partial charge in [0, 0.05) is 11.3 Å². The minimum absolute atomic E-state index is 0.0759. The number of carbonyl (C=O) groups is 1. The second-order valence-corrected chi connectivity index (χ2v) is 9.55.